The highest BCUT2D eigenvalue weighted by atomic mass is 16.6. The number of likely N-dealkylation sites (N-methyl/N-ethyl adjacent to an activating group) is 1. The third-order valence-corrected chi connectivity index (χ3v) is 5.60. The zero-order valence-corrected chi connectivity index (χ0v) is 14.9. The van der Waals surface area contributed by atoms with Gasteiger partial charge in [-0.15, -0.1) is 0 Å². The molecule has 0 unspecified atom stereocenters. The van der Waals surface area contributed by atoms with Gasteiger partial charge in [0, 0.05) is 30.5 Å². The quantitative estimate of drug-likeness (QED) is 0.809. The van der Waals surface area contributed by atoms with E-state index in [1.165, 1.54) is 19.3 Å². The van der Waals surface area contributed by atoms with Crippen molar-refractivity contribution in [3.63, 3.8) is 0 Å². The number of rotatable bonds is 1. The highest BCUT2D eigenvalue weighted by molar-refractivity contribution is 5.88. The molecular formula is C18H32N2O2. The number of ether oxygens (including phenoxy) is 1. The van der Waals surface area contributed by atoms with Crippen LogP contribution in [0.1, 0.15) is 79.6 Å². The van der Waals surface area contributed by atoms with E-state index in [1.807, 2.05) is 0 Å². The zero-order valence-electron chi connectivity index (χ0n) is 14.9. The van der Waals surface area contributed by atoms with Crippen LogP contribution in [0.5, 0.6) is 0 Å². The smallest absolute Gasteiger partial charge is 0.257 e. The molecule has 2 saturated heterocycles. The maximum atomic E-state index is 13.3. The second-order valence-electron chi connectivity index (χ2n) is 8.90. The van der Waals surface area contributed by atoms with Crippen molar-refractivity contribution >= 4 is 5.91 Å². The molecule has 0 aromatic heterocycles. The number of hydrogen-bond donors (Lipinski definition) is 1. The lowest BCUT2D eigenvalue weighted by atomic mass is 9.72. The summed E-state index contributed by atoms with van der Waals surface area (Å²) in [7, 11) is 0. The summed E-state index contributed by atoms with van der Waals surface area (Å²) in [6.45, 7) is 11.6. The van der Waals surface area contributed by atoms with E-state index in [0.29, 0.717) is 0 Å². The minimum absolute atomic E-state index is 0.0863. The average molecular weight is 308 g/mol. The van der Waals surface area contributed by atoms with Gasteiger partial charge in [0.2, 0.25) is 0 Å². The van der Waals surface area contributed by atoms with Crippen LogP contribution < -0.4 is 5.32 Å². The Kier molecular flexibility index (Phi) is 3.65. The molecule has 0 bridgehead atoms. The molecule has 2 aliphatic heterocycles. The molecule has 1 aliphatic carbocycles. The van der Waals surface area contributed by atoms with E-state index in [0.717, 1.165) is 32.2 Å². The molecule has 1 amide bonds. The van der Waals surface area contributed by atoms with Gasteiger partial charge >= 0.3 is 0 Å². The molecule has 1 saturated carbocycles. The Hall–Kier alpha value is -0.610. The summed E-state index contributed by atoms with van der Waals surface area (Å²) in [5, 5.41) is 3.68. The molecule has 0 aromatic carbocycles. The van der Waals surface area contributed by atoms with Crippen LogP contribution in [-0.4, -0.2) is 39.8 Å². The number of hydrogen-bond acceptors (Lipinski definition) is 3. The molecule has 2 heterocycles. The minimum atomic E-state index is -0.633. The second-order valence-corrected chi connectivity index (χ2v) is 8.90. The normalized spacial score (nSPS) is 31.9. The number of nitrogens with zero attached hydrogens (tertiary/aromatic N) is 1. The standard InChI is InChI=1S/C18H32N2O2/c1-6-20-14(21)17(22-18(20)10-8-7-9-11-18)12-15(2,3)19-16(4,5)13-17/h19H,6-13H2,1-5H3. The lowest BCUT2D eigenvalue weighted by Crippen LogP contribution is -2.65. The van der Waals surface area contributed by atoms with Gasteiger partial charge in [0.25, 0.3) is 5.91 Å². The Labute approximate surface area is 135 Å². The van der Waals surface area contributed by atoms with Crippen LogP contribution >= 0.6 is 0 Å². The highest BCUT2D eigenvalue weighted by Gasteiger charge is 2.64. The van der Waals surface area contributed by atoms with Crippen LogP contribution in [0, 0.1) is 0 Å². The van der Waals surface area contributed by atoms with E-state index >= 15 is 0 Å². The molecule has 4 heteroatoms. The van der Waals surface area contributed by atoms with Crippen LogP contribution in [0.15, 0.2) is 0 Å². The zero-order chi connectivity index (χ0) is 16.2. The fourth-order valence-electron chi connectivity index (χ4n) is 5.52. The van der Waals surface area contributed by atoms with E-state index in [-0.39, 0.29) is 22.7 Å². The molecule has 4 nitrogen and oxygen atoms in total. The first-order chi connectivity index (χ1) is 10.1. The first-order valence-electron chi connectivity index (χ1n) is 8.95. The Bertz CT molecular complexity index is 448. The summed E-state index contributed by atoms with van der Waals surface area (Å²) in [4.78, 5) is 15.4. The van der Waals surface area contributed by atoms with Crippen LogP contribution in [0.25, 0.3) is 0 Å². The summed E-state index contributed by atoms with van der Waals surface area (Å²) in [5.74, 6) is 0.236. The Morgan fingerprint density at radius 3 is 2.09 bits per heavy atom. The third-order valence-electron chi connectivity index (χ3n) is 5.60. The Balaban J connectivity index is 1.98. The number of piperidine rings is 1. The van der Waals surface area contributed by atoms with Crippen molar-refractivity contribution in [2.45, 2.75) is 102 Å². The number of carbonyl (C=O) groups excluding carboxylic acids is 1. The van der Waals surface area contributed by atoms with Crippen LogP contribution in [0.2, 0.25) is 0 Å². The highest BCUT2D eigenvalue weighted by Crippen LogP contribution is 2.51. The predicted molar refractivity (Wildman–Crippen MR) is 87.5 cm³/mol. The van der Waals surface area contributed by atoms with Gasteiger partial charge in [0.1, 0.15) is 5.72 Å². The van der Waals surface area contributed by atoms with Crippen molar-refractivity contribution in [1.82, 2.24) is 10.2 Å². The lowest BCUT2D eigenvalue weighted by Gasteiger charge is -2.50. The van der Waals surface area contributed by atoms with Gasteiger partial charge in [-0.1, -0.05) is 6.42 Å². The van der Waals surface area contributed by atoms with Gasteiger partial charge in [0.05, 0.1) is 0 Å². The van der Waals surface area contributed by atoms with Crippen molar-refractivity contribution < 1.29 is 9.53 Å². The molecule has 3 aliphatic rings. The largest absolute Gasteiger partial charge is 0.339 e. The SMILES string of the molecule is CCN1C(=O)C2(CC(C)(C)NC(C)(C)C2)OC12CCCCC2. The van der Waals surface area contributed by atoms with E-state index in [4.69, 9.17) is 4.74 Å². The molecule has 1 N–H and O–H groups in total. The number of nitrogens with one attached hydrogen (secondary N) is 1. The van der Waals surface area contributed by atoms with Gasteiger partial charge in [-0.3, -0.25) is 4.79 Å². The third kappa shape index (κ3) is 2.48. The summed E-state index contributed by atoms with van der Waals surface area (Å²) in [6.07, 6.45) is 7.14. The molecule has 0 radical (unpaired) electrons. The molecule has 3 rings (SSSR count). The first-order valence-corrected chi connectivity index (χ1v) is 8.95. The monoisotopic (exact) mass is 308 g/mol. The lowest BCUT2D eigenvalue weighted by molar-refractivity contribution is -0.181. The van der Waals surface area contributed by atoms with Crippen molar-refractivity contribution in [3.05, 3.63) is 0 Å². The predicted octanol–water partition coefficient (Wildman–Crippen LogP) is 3.20. The number of amides is 1. The Morgan fingerprint density at radius 2 is 1.59 bits per heavy atom. The summed E-state index contributed by atoms with van der Waals surface area (Å²) >= 11 is 0. The van der Waals surface area contributed by atoms with E-state index < -0.39 is 5.60 Å². The molecule has 0 aromatic rings. The fraction of sp³-hybridized carbons (Fsp3) is 0.944. The molecule has 126 valence electrons. The van der Waals surface area contributed by atoms with E-state index in [9.17, 15) is 4.79 Å². The average Bonchev–Trinajstić information content (AvgIpc) is 2.54. The van der Waals surface area contributed by atoms with Crippen LogP contribution in [-0.2, 0) is 9.53 Å². The van der Waals surface area contributed by atoms with Crippen LogP contribution in [0.3, 0.4) is 0 Å². The molecule has 3 fully saturated rings. The maximum Gasteiger partial charge on any atom is 0.257 e. The maximum absolute atomic E-state index is 13.3. The van der Waals surface area contributed by atoms with E-state index in [2.05, 4.69) is 44.8 Å². The topological polar surface area (TPSA) is 41.6 Å². The summed E-state index contributed by atoms with van der Waals surface area (Å²) in [6, 6.07) is 0. The van der Waals surface area contributed by atoms with E-state index in [1.54, 1.807) is 0 Å². The summed E-state index contributed by atoms with van der Waals surface area (Å²) in [5.41, 5.74) is -1.13. The minimum Gasteiger partial charge on any atom is -0.339 e. The van der Waals surface area contributed by atoms with Gasteiger partial charge in [0.15, 0.2) is 5.60 Å². The van der Waals surface area contributed by atoms with Crippen LogP contribution in [0.4, 0.5) is 0 Å². The first kappa shape index (κ1) is 16.3. The second kappa shape index (κ2) is 4.94. The summed E-state index contributed by atoms with van der Waals surface area (Å²) < 4.78 is 6.74. The molecule has 22 heavy (non-hydrogen) atoms. The molecule has 0 atom stereocenters. The van der Waals surface area contributed by atoms with Crippen molar-refractivity contribution in [1.29, 1.82) is 0 Å². The van der Waals surface area contributed by atoms with Gasteiger partial charge < -0.3 is 15.0 Å². The van der Waals surface area contributed by atoms with Crippen molar-refractivity contribution in [2.24, 2.45) is 0 Å². The molecular weight excluding hydrogens is 276 g/mol. The molecule has 2 spiro atoms. The van der Waals surface area contributed by atoms with Gasteiger partial charge in [-0.2, -0.15) is 0 Å². The van der Waals surface area contributed by atoms with Gasteiger partial charge in [-0.25, -0.2) is 0 Å². The van der Waals surface area contributed by atoms with Gasteiger partial charge in [-0.05, 0) is 60.3 Å². The van der Waals surface area contributed by atoms with Crippen molar-refractivity contribution in [2.75, 3.05) is 6.54 Å². The fourth-order valence-corrected chi connectivity index (χ4v) is 5.52. The Morgan fingerprint density at radius 1 is 1.05 bits per heavy atom. The number of carbonyl (C=O) groups is 1. The van der Waals surface area contributed by atoms with Crippen molar-refractivity contribution in [3.8, 4) is 0 Å².